The average Bonchev–Trinajstić information content (AvgIpc) is 3.29. The fraction of sp³-hybridized carbons (Fsp3) is 0.931. The molecule has 0 radical (unpaired) electrons. The summed E-state index contributed by atoms with van der Waals surface area (Å²) < 4.78 is 5.48. The lowest BCUT2D eigenvalue weighted by Gasteiger charge is -2.20. The molecule has 0 aromatic heterocycles. The third-order valence-corrected chi connectivity index (χ3v) is 13.6. The van der Waals surface area contributed by atoms with Gasteiger partial charge in [-0.3, -0.25) is 9.59 Å². The van der Waals surface area contributed by atoms with Gasteiger partial charge in [-0.2, -0.15) is 0 Å². The Morgan fingerprint density at radius 3 is 1.06 bits per heavy atom. The summed E-state index contributed by atoms with van der Waals surface area (Å²) in [4.78, 5) is 24.5. The summed E-state index contributed by atoms with van der Waals surface area (Å²) >= 11 is 0. The minimum Gasteiger partial charge on any atom is -0.466 e. The molecule has 0 fully saturated rings. The van der Waals surface area contributed by atoms with Gasteiger partial charge in [0.1, 0.15) is 0 Å². The molecule has 0 aromatic rings. The SMILES string of the molecule is CCCCCCCCCCCCC/C=C/C(O)C(CO)NC(=O)CCCCCCCCCCCCCCCCCCCCCOC(=O)CCCCCCCCCCCCCCCCC. The maximum absolute atomic E-state index is 12.4. The largest absolute Gasteiger partial charge is 0.466 e. The number of aliphatic hydroxyl groups excluding tert-OH is 2. The molecule has 0 spiro atoms. The molecule has 380 valence electrons. The van der Waals surface area contributed by atoms with Gasteiger partial charge in [0.25, 0.3) is 0 Å². The first-order valence-electron chi connectivity index (χ1n) is 29.0. The molecule has 0 heterocycles. The number of carbonyl (C=O) groups is 2. The van der Waals surface area contributed by atoms with E-state index in [1.807, 2.05) is 6.08 Å². The summed E-state index contributed by atoms with van der Waals surface area (Å²) in [6.07, 6.45) is 63.7. The standard InChI is InChI=1S/C58H113NO5/c1-3-5-7-9-11-13-15-17-23-28-32-36-40-44-48-52-58(63)64-53-49-45-41-37-33-29-25-22-20-18-19-21-24-27-31-35-39-43-47-51-57(62)59-55(54-60)56(61)50-46-42-38-34-30-26-16-14-12-10-8-6-4-2/h46,50,55-56,60-61H,3-45,47-49,51-54H2,1-2H3,(H,59,62)/b50-46+. The topological polar surface area (TPSA) is 95.9 Å². The Bertz CT molecular complexity index is 955. The quantitative estimate of drug-likeness (QED) is 0.0321. The van der Waals surface area contributed by atoms with Gasteiger partial charge >= 0.3 is 5.97 Å². The van der Waals surface area contributed by atoms with Crippen LogP contribution in [0.3, 0.4) is 0 Å². The fourth-order valence-electron chi connectivity index (χ4n) is 9.11. The van der Waals surface area contributed by atoms with Crippen molar-refractivity contribution in [3.05, 3.63) is 12.2 Å². The zero-order chi connectivity index (χ0) is 46.5. The molecule has 0 aliphatic heterocycles. The van der Waals surface area contributed by atoms with Gasteiger partial charge in [0.15, 0.2) is 0 Å². The third kappa shape index (κ3) is 50.0. The van der Waals surface area contributed by atoms with Gasteiger partial charge in [0, 0.05) is 12.8 Å². The van der Waals surface area contributed by atoms with Crippen LogP contribution < -0.4 is 5.32 Å². The number of nitrogens with one attached hydrogen (secondary N) is 1. The zero-order valence-corrected chi connectivity index (χ0v) is 43.3. The number of aliphatic hydroxyl groups is 2. The Morgan fingerprint density at radius 1 is 0.422 bits per heavy atom. The predicted octanol–water partition coefficient (Wildman–Crippen LogP) is 17.7. The molecule has 6 heteroatoms. The van der Waals surface area contributed by atoms with Gasteiger partial charge in [-0.25, -0.2) is 0 Å². The van der Waals surface area contributed by atoms with Crippen LogP contribution in [-0.4, -0.2) is 47.4 Å². The van der Waals surface area contributed by atoms with Crippen LogP contribution in [0.1, 0.15) is 322 Å². The lowest BCUT2D eigenvalue weighted by atomic mass is 10.0. The van der Waals surface area contributed by atoms with E-state index in [2.05, 4.69) is 19.2 Å². The predicted molar refractivity (Wildman–Crippen MR) is 278 cm³/mol. The van der Waals surface area contributed by atoms with E-state index in [0.717, 1.165) is 38.5 Å². The van der Waals surface area contributed by atoms with E-state index in [1.54, 1.807) is 6.08 Å². The van der Waals surface area contributed by atoms with Crippen LogP contribution >= 0.6 is 0 Å². The van der Waals surface area contributed by atoms with Crippen molar-refractivity contribution in [2.75, 3.05) is 13.2 Å². The highest BCUT2D eigenvalue weighted by Gasteiger charge is 2.18. The van der Waals surface area contributed by atoms with Crippen molar-refractivity contribution in [2.24, 2.45) is 0 Å². The molecular formula is C58H113NO5. The van der Waals surface area contributed by atoms with Gasteiger partial charge in [0.2, 0.25) is 5.91 Å². The van der Waals surface area contributed by atoms with Gasteiger partial charge in [-0.05, 0) is 32.1 Å². The fourth-order valence-corrected chi connectivity index (χ4v) is 9.11. The Labute approximate surface area is 399 Å². The Balaban J connectivity index is 3.39. The number of hydrogen-bond donors (Lipinski definition) is 3. The van der Waals surface area contributed by atoms with Crippen molar-refractivity contribution in [3.63, 3.8) is 0 Å². The van der Waals surface area contributed by atoms with Crippen molar-refractivity contribution >= 4 is 11.9 Å². The van der Waals surface area contributed by atoms with Gasteiger partial charge in [0.05, 0.1) is 25.4 Å². The minimum atomic E-state index is -0.844. The van der Waals surface area contributed by atoms with E-state index in [4.69, 9.17) is 4.74 Å². The highest BCUT2D eigenvalue weighted by atomic mass is 16.5. The number of amides is 1. The second-order valence-corrected chi connectivity index (χ2v) is 20.0. The first kappa shape index (κ1) is 62.6. The second kappa shape index (κ2) is 54.2. The molecule has 64 heavy (non-hydrogen) atoms. The third-order valence-electron chi connectivity index (χ3n) is 13.6. The van der Waals surface area contributed by atoms with Crippen LogP contribution in [-0.2, 0) is 14.3 Å². The number of esters is 1. The van der Waals surface area contributed by atoms with Gasteiger partial charge in [-0.15, -0.1) is 0 Å². The van der Waals surface area contributed by atoms with Crippen LogP contribution in [0.2, 0.25) is 0 Å². The molecule has 2 unspecified atom stereocenters. The molecule has 3 N–H and O–H groups in total. The Kier molecular flexibility index (Phi) is 53.0. The first-order chi connectivity index (χ1) is 31.5. The zero-order valence-electron chi connectivity index (χ0n) is 43.3. The van der Waals surface area contributed by atoms with E-state index < -0.39 is 12.1 Å². The van der Waals surface area contributed by atoms with Crippen molar-refractivity contribution in [1.82, 2.24) is 5.32 Å². The summed E-state index contributed by atoms with van der Waals surface area (Å²) in [6, 6.07) is -0.628. The molecule has 0 aliphatic rings. The molecule has 2 atom stereocenters. The van der Waals surface area contributed by atoms with Crippen LogP contribution in [0.4, 0.5) is 0 Å². The molecule has 0 aromatic carbocycles. The van der Waals surface area contributed by atoms with Crippen molar-refractivity contribution in [1.29, 1.82) is 0 Å². The second-order valence-electron chi connectivity index (χ2n) is 20.0. The molecular weight excluding hydrogens is 791 g/mol. The summed E-state index contributed by atoms with van der Waals surface area (Å²) in [7, 11) is 0. The van der Waals surface area contributed by atoms with Crippen molar-refractivity contribution in [2.45, 2.75) is 334 Å². The molecule has 0 aliphatic carbocycles. The molecule has 0 saturated heterocycles. The van der Waals surface area contributed by atoms with E-state index >= 15 is 0 Å². The highest BCUT2D eigenvalue weighted by molar-refractivity contribution is 5.76. The van der Waals surface area contributed by atoms with E-state index in [0.29, 0.717) is 19.4 Å². The lowest BCUT2D eigenvalue weighted by Crippen LogP contribution is -2.45. The summed E-state index contributed by atoms with van der Waals surface area (Å²) in [5, 5.41) is 23.1. The van der Waals surface area contributed by atoms with E-state index in [9.17, 15) is 19.8 Å². The maximum Gasteiger partial charge on any atom is 0.305 e. The maximum atomic E-state index is 12.4. The number of allylic oxidation sites excluding steroid dienone is 1. The molecule has 6 nitrogen and oxygen atoms in total. The Hall–Kier alpha value is -1.40. The van der Waals surface area contributed by atoms with E-state index in [1.165, 1.54) is 257 Å². The molecule has 0 rings (SSSR count). The first-order valence-corrected chi connectivity index (χ1v) is 29.0. The van der Waals surface area contributed by atoms with Crippen molar-refractivity contribution in [3.8, 4) is 0 Å². The number of ether oxygens (including phenoxy) is 1. The highest BCUT2D eigenvalue weighted by Crippen LogP contribution is 2.17. The smallest absolute Gasteiger partial charge is 0.305 e. The van der Waals surface area contributed by atoms with Crippen LogP contribution in [0.5, 0.6) is 0 Å². The number of hydrogen-bond acceptors (Lipinski definition) is 5. The van der Waals surface area contributed by atoms with Crippen molar-refractivity contribution < 1.29 is 24.5 Å². The average molecular weight is 905 g/mol. The number of unbranched alkanes of at least 4 members (excludes halogenated alkanes) is 43. The van der Waals surface area contributed by atoms with Crippen LogP contribution in [0.25, 0.3) is 0 Å². The summed E-state index contributed by atoms with van der Waals surface area (Å²) in [6.45, 7) is 4.91. The van der Waals surface area contributed by atoms with Gasteiger partial charge < -0.3 is 20.3 Å². The Morgan fingerprint density at radius 2 is 0.719 bits per heavy atom. The summed E-state index contributed by atoms with van der Waals surface area (Å²) in [5.41, 5.74) is 0. The molecule has 0 saturated carbocycles. The normalized spacial score (nSPS) is 12.6. The monoisotopic (exact) mass is 904 g/mol. The lowest BCUT2D eigenvalue weighted by molar-refractivity contribution is -0.143. The molecule has 0 bridgehead atoms. The van der Waals surface area contributed by atoms with Crippen LogP contribution in [0.15, 0.2) is 12.2 Å². The summed E-state index contributed by atoms with van der Waals surface area (Å²) in [5.74, 6) is -0.0582. The molecule has 1 amide bonds. The number of rotatable bonds is 54. The van der Waals surface area contributed by atoms with Crippen LogP contribution in [0, 0.1) is 0 Å². The minimum absolute atomic E-state index is 0.0116. The number of carbonyl (C=O) groups excluding carboxylic acids is 2. The van der Waals surface area contributed by atoms with E-state index in [-0.39, 0.29) is 18.5 Å². The van der Waals surface area contributed by atoms with Gasteiger partial charge in [-0.1, -0.05) is 289 Å².